The standard InChI is InChI=1S/C26H24FN3O4S/c1-33-20-9-7-19(8-10-20)28-25(32)30-13-14-35-26(30)22-15-21(34-2)11-12-23(22)29(24(26)31)16-17-3-5-18(27)6-4-17/h3-12,15H,13-14,16H2,1-2H3,(H,28,32). The van der Waals surface area contributed by atoms with Crippen molar-refractivity contribution in [2.45, 2.75) is 11.4 Å². The van der Waals surface area contributed by atoms with Gasteiger partial charge in [0.2, 0.25) is 0 Å². The van der Waals surface area contributed by atoms with Crippen molar-refractivity contribution in [1.29, 1.82) is 0 Å². The van der Waals surface area contributed by atoms with Crippen molar-refractivity contribution < 1.29 is 23.5 Å². The molecule has 0 saturated carbocycles. The number of nitrogens with one attached hydrogen (secondary N) is 1. The van der Waals surface area contributed by atoms with E-state index in [2.05, 4.69) is 5.32 Å². The van der Waals surface area contributed by atoms with Crippen molar-refractivity contribution in [1.82, 2.24) is 4.90 Å². The monoisotopic (exact) mass is 493 g/mol. The van der Waals surface area contributed by atoms with E-state index in [0.717, 1.165) is 5.56 Å². The third kappa shape index (κ3) is 3.95. The van der Waals surface area contributed by atoms with E-state index in [1.54, 1.807) is 66.5 Å². The zero-order chi connectivity index (χ0) is 24.6. The smallest absolute Gasteiger partial charge is 0.323 e. The van der Waals surface area contributed by atoms with E-state index in [4.69, 9.17) is 9.47 Å². The molecule has 2 aliphatic heterocycles. The van der Waals surface area contributed by atoms with E-state index in [9.17, 15) is 14.0 Å². The van der Waals surface area contributed by atoms with Gasteiger partial charge in [-0.15, -0.1) is 11.8 Å². The van der Waals surface area contributed by atoms with Crippen LogP contribution in [0.25, 0.3) is 0 Å². The predicted molar refractivity (Wildman–Crippen MR) is 133 cm³/mol. The van der Waals surface area contributed by atoms with Crippen LogP contribution in [-0.4, -0.2) is 43.4 Å². The van der Waals surface area contributed by atoms with Crippen LogP contribution < -0.4 is 19.7 Å². The average Bonchev–Trinajstić information content (AvgIpc) is 3.42. The Hall–Kier alpha value is -3.72. The molecular formula is C26H24FN3O4S. The number of hydrogen-bond donors (Lipinski definition) is 1. The highest BCUT2D eigenvalue weighted by molar-refractivity contribution is 8.01. The summed E-state index contributed by atoms with van der Waals surface area (Å²) in [6, 6.07) is 18.2. The number of benzene rings is 3. The largest absolute Gasteiger partial charge is 0.497 e. The maximum absolute atomic E-state index is 14.1. The van der Waals surface area contributed by atoms with Gasteiger partial charge in [0.25, 0.3) is 5.91 Å². The molecule has 3 aromatic carbocycles. The van der Waals surface area contributed by atoms with Gasteiger partial charge in [0, 0.05) is 23.5 Å². The molecule has 0 radical (unpaired) electrons. The van der Waals surface area contributed by atoms with Crippen LogP contribution >= 0.6 is 11.8 Å². The van der Waals surface area contributed by atoms with Crippen LogP contribution in [0.3, 0.4) is 0 Å². The van der Waals surface area contributed by atoms with Gasteiger partial charge in [-0.1, -0.05) is 12.1 Å². The highest BCUT2D eigenvalue weighted by Gasteiger charge is 2.59. The van der Waals surface area contributed by atoms with E-state index in [1.165, 1.54) is 23.9 Å². The van der Waals surface area contributed by atoms with Crippen LogP contribution in [0, 0.1) is 5.82 Å². The molecule has 1 atom stereocenters. The summed E-state index contributed by atoms with van der Waals surface area (Å²) < 4.78 is 24.1. The Labute approximate surface area is 206 Å². The van der Waals surface area contributed by atoms with Crippen LogP contribution in [0.5, 0.6) is 11.5 Å². The van der Waals surface area contributed by atoms with Gasteiger partial charge in [0.1, 0.15) is 17.3 Å². The van der Waals surface area contributed by atoms with Gasteiger partial charge < -0.3 is 19.7 Å². The molecule has 1 spiro atoms. The summed E-state index contributed by atoms with van der Waals surface area (Å²) in [5.41, 5.74) is 2.80. The van der Waals surface area contributed by atoms with Crippen LogP contribution in [0.1, 0.15) is 11.1 Å². The Kier molecular flexibility index (Phi) is 6.02. The molecule has 35 heavy (non-hydrogen) atoms. The number of anilines is 2. The number of rotatable bonds is 5. The Bertz CT molecular complexity index is 1270. The summed E-state index contributed by atoms with van der Waals surface area (Å²) in [6.45, 7) is 0.661. The summed E-state index contributed by atoms with van der Waals surface area (Å²) in [5, 5.41) is 2.91. The Morgan fingerprint density at radius 3 is 2.40 bits per heavy atom. The number of urea groups is 1. The van der Waals surface area contributed by atoms with Gasteiger partial charge >= 0.3 is 6.03 Å². The first-order valence-electron chi connectivity index (χ1n) is 11.1. The normalized spacial score (nSPS) is 18.7. The first-order chi connectivity index (χ1) is 17.0. The molecule has 3 aromatic rings. The highest BCUT2D eigenvalue weighted by Crippen LogP contribution is 2.55. The van der Waals surface area contributed by atoms with E-state index in [0.29, 0.717) is 40.7 Å². The number of amides is 3. The number of methoxy groups -OCH3 is 2. The fourth-order valence-corrected chi connectivity index (χ4v) is 5.97. The molecule has 1 saturated heterocycles. The molecule has 180 valence electrons. The molecule has 1 unspecified atom stereocenters. The Morgan fingerprint density at radius 2 is 1.71 bits per heavy atom. The maximum Gasteiger partial charge on any atom is 0.323 e. The van der Waals surface area contributed by atoms with E-state index >= 15 is 0 Å². The number of halogens is 1. The molecule has 0 bridgehead atoms. The van der Waals surface area contributed by atoms with Gasteiger partial charge in [-0.05, 0) is 60.2 Å². The third-order valence-corrected chi connectivity index (χ3v) is 7.66. The summed E-state index contributed by atoms with van der Waals surface area (Å²) in [4.78, 5) is 29.6. The summed E-state index contributed by atoms with van der Waals surface area (Å²) in [5.74, 6) is 1.33. The summed E-state index contributed by atoms with van der Waals surface area (Å²) >= 11 is 1.43. The number of nitrogens with zero attached hydrogens (tertiary/aromatic N) is 2. The van der Waals surface area contributed by atoms with Crippen LogP contribution in [0.2, 0.25) is 0 Å². The zero-order valence-corrected chi connectivity index (χ0v) is 20.1. The lowest BCUT2D eigenvalue weighted by molar-refractivity contribution is -0.123. The molecule has 1 fully saturated rings. The number of carbonyl (C=O) groups is 2. The van der Waals surface area contributed by atoms with Gasteiger partial charge in [0.05, 0.1) is 26.5 Å². The molecule has 2 aliphatic rings. The minimum atomic E-state index is -1.22. The lowest BCUT2D eigenvalue weighted by Crippen LogP contribution is -2.51. The number of carbonyl (C=O) groups excluding carboxylic acids is 2. The average molecular weight is 494 g/mol. The van der Waals surface area contributed by atoms with Crippen LogP contribution in [-0.2, 0) is 16.2 Å². The molecule has 9 heteroatoms. The minimum Gasteiger partial charge on any atom is -0.497 e. The van der Waals surface area contributed by atoms with Gasteiger partial charge in [-0.25, -0.2) is 9.18 Å². The van der Waals surface area contributed by atoms with Crippen molar-refractivity contribution in [3.05, 3.63) is 83.7 Å². The molecule has 1 N–H and O–H groups in total. The Balaban J connectivity index is 1.51. The van der Waals surface area contributed by atoms with Crippen molar-refractivity contribution in [2.75, 3.05) is 36.7 Å². The fourth-order valence-electron chi connectivity index (χ4n) is 4.52. The predicted octanol–water partition coefficient (Wildman–Crippen LogP) is 4.82. The third-order valence-electron chi connectivity index (χ3n) is 6.24. The molecule has 2 heterocycles. The van der Waals surface area contributed by atoms with Crippen molar-refractivity contribution in [3.63, 3.8) is 0 Å². The Morgan fingerprint density at radius 1 is 1.03 bits per heavy atom. The summed E-state index contributed by atoms with van der Waals surface area (Å²) in [7, 11) is 3.14. The number of hydrogen-bond acceptors (Lipinski definition) is 5. The fraction of sp³-hybridized carbons (Fsp3) is 0.231. The van der Waals surface area contributed by atoms with Crippen molar-refractivity contribution >= 4 is 35.1 Å². The second kappa shape index (κ2) is 9.14. The van der Waals surface area contributed by atoms with Gasteiger partial charge in [-0.2, -0.15) is 0 Å². The highest BCUT2D eigenvalue weighted by atomic mass is 32.2. The molecule has 5 rings (SSSR count). The second-order valence-electron chi connectivity index (χ2n) is 8.20. The lowest BCUT2D eigenvalue weighted by Gasteiger charge is -2.33. The van der Waals surface area contributed by atoms with Crippen LogP contribution in [0.15, 0.2) is 66.7 Å². The van der Waals surface area contributed by atoms with Crippen molar-refractivity contribution in [2.24, 2.45) is 0 Å². The first kappa shape index (κ1) is 23.0. The molecule has 0 aliphatic carbocycles. The van der Waals surface area contributed by atoms with Crippen molar-refractivity contribution in [3.8, 4) is 11.5 Å². The zero-order valence-electron chi connectivity index (χ0n) is 19.3. The number of fused-ring (bicyclic) bond motifs is 2. The lowest BCUT2D eigenvalue weighted by atomic mass is 10.1. The van der Waals surface area contributed by atoms with E-state index in [-0.39, 0.29) is 24.3 Å². The van der Waals surface area contributed by atoms with E-state index < -0.39 is 4.87 Å². The van der Waals surface area contributed by atoms with E-state index in [1.807, 2.05) is 12.1 Å². The molecule has 3 amide bonds. The number of ether oxygens (including phenoxy) is 2. The SMILES string of the molecule is COc1ccc(NC(=O)N2CCSC23C(=O)N(Cc2ccc(F)cc2)c2ccc(OC)cc23)cc1. The molecular weight excluding hydrogens is 469 g/mol. The van der Waals surface area contributed by atoms with Gasteiger partial charge in [0.15, 0.2) is 4.87 Å². The summed E-state index contributed by atoms with van der Waals surface area (Å²) in [6.07, 6.45) is 0. The maximum atomic E-state index is 14.1. The second-order valence-corrected chi connectivity index (χ2v) is 9.49. The van der Waals surface area contributed by atoms with Gasteiger partial charge in [-0.3, -0.25) is 9.69 Å². The topological polar surface area (TPSA) is 71.1 Å². The quantitative estimate of drug-likeness (QED) is 0.552. The molecule has 7 nitrogen and oxygen atoms in total. The minimum absolute atomic E-state index is 0.211. The molecule has 0 aromatic heterocycles. The van der Waals surface area contributed by atoms with Crippen LogP contribution in [0.4, 0.5) is 20.6 Å². The first-order valence-corrected chi connectivity index (χ1v) is 12.1. The number of thioether (sulfide) groups is 1.